The molecule has 0 atom stereocenters. The van der Waals surface area contributed by atoms with E-state index in [-0.39, 0.29) is 5.56 Å². The molecule has 17 heavy (non-hydrogen) atoms. The highest BCUT2D eigenvalue weighted by Gasteiger charge is 2.09. The van der Waals surface area contributed by atoms with Crippen LogP contribution in [0.3, 0.4) is 0 Å². The topological polar surface area (TPSA) is 34.9 Å². The molecule has 0 fully saturated rings. The molecule has 0 saturated carbocycles. The number of nitrogens with zero attached hydrogens (tertiary/aromatic N) is 2. The number of pyridine rings is 1. The highest BCUT2D eigenvalue weighted by atomic mass is 35.5. The van der Waals surface area contributed by atoms with Crippen LogP contribution in [0, 0.1) is 0 Å². The van der Waals surface area contributed by atoms with Crippen LogP contribution in [-0.4, -0.2) is 8.94 Å². The molecule has 0 aliphatic rings. The summed E-state index contributed by atoms with van der Waals surface area (Å²) in [5.41, 5.74) is 0.714. The number of rotatable bonds is 1. The van der Waals surface area contributed by atoms with Crippen LogP contribution in [0.25, 0.3) is 15.9 Å². The molecule has 84 valence electrons. The van der Waals surface area contributed by atoms with Crippen LogP contribution in [-0.2, 0) is 0 Å². The zero-order valence-electron chi connectivity index (χ0n) is 8.63. The first kappa shape index (κ1) is 10.5. The Morgan fingerprint density at radius 3 is 2.88 bits per heavy atom. The summed E-state index contributed by atoms with van der Waals surface area (Å²) in [5, 5.41) is 1.25. The molecule has 3 nitrogen and oxygen atoms in total. The fourth-order valence-electron chi connectivity index (χ4n) is 1.64. The summed E-state index contributed by atoms with van der Waals surface area (Å²) < 4.78 is 1.60. The molecule has 0 N–H and O–H groups in total. The van der Waals surface area contributed by atoms with Gasteiger partial charge in [0.1, 0.15) is 4.83 Å². The molecule has 5 heteroatoms. The van der Waals surface area contributed by atoms with E-state index in [2.05, 4.69) is 4.98 Å². The van der Waals surface area contributed by atoms with Crippen molar-refractivity contribution in [2.24, 2.45) is 0 Å². The molecule has 0 radical (unpaired) electrons. The Hall–Kier alpha value is -1.65. The second kappa shape index (κ2) is 3.98. The van der Waals surface area contributed by atoms with Crippen molar-refractivity contribution in [3.05, 3.63) is 58.0 Å². The molecule has 0 spiro atoms. The van der Waals surface area contributed by atoms with Crippen molar-refractivity contribution >= 4 is 33.4 Å². The lowest BCUT2D eigenvalue weighted by Gasteiger charge is -1.99. The fraction of sp³-hybridized carbons (Fsp3) is 0. The van der Waals surface area contributed by atoms with E-state index in [1.54, 1.807) is 34.4 Å². The van der Waals surface area contributed by atoms with Crippen LogP contribution in [0.2, 0.25) is 5.02 Å². The van der Waals surface area contributed by atoms with Gasteiger partial charge in [-0.15, -0.1) is 0 Å². The van der Waals surface area contributed by atoms with E-state index < -0.39 is 0 Å². The van der Waals surface area contributed by atoms with Crippen molar-refractivity contribution in [1.82, 2.24) is 8.94 Å². The number of benzene rings is 1. The molecule has 3 rings (SSSR count). The SMILES string of the molecule is O=c1c2cccnc2sn1-c1cccc(Cl)c1. The van der Waals surface area contributed by atoms with E-state index in [0.717, 1.165) is 10.5 Å². The van der Waals surface area contributed by atoms with Crippen molar-refractivity contribution in [2.45, 2.75) is 0 Å². The average molecular weight is 263 g/mol. The van der Waals surface area contributed by atoms with Crippen LogP contribution in [0.5, 0.6) is 0 Å². The van der Waals surface area contributed by atoms with Gasteiger partial charge in [0, 0.05) is 11.2 Å². The number of hydrogen-bond acceptors (Lipinski definition) is 3. The zero-order valence-corrected chi connectivity index (χ0v) is 10.2. The van der Waals surface area contributed by atoms with Gasteiger partial charge in [-0.25, -0.2) is 8.94 Å². The van der Waals surface area contributed by atoms with Gasteiger partial charge in [0.05, 0.1) is 11.1 Å². The molecule has 0 aliphatic heterocycles. The molecule has 0 unspecified atom stereocenters. The predicted octanol–water partition coefficient (Wildman–Crippen LogP) is 3.10. The molecule has 1 aromatic carbocycles. The summed E-state index contributed by atoms with van der Waals surface area (Å²) in [5.74, 6) is 0. The molecule has 0 saturated heterocycles. The van der Waals surface area contributed by atoms with Crippen LogP contribution in [0.4, 0.5) is 0 Å². The van der Waals surface area contributed by atoms with E-state index in [1.165, 1.54) is 11.5 Å². The Morgan fingerprint density at radius 1 is 1.24 bits per heavy atom. The maximum absolute atomic E-state index is 12.1. The maximum atomic E-state index is 12.1. The summed E-state index contributed by atoms with van der Waals surface area (Å²) >= 11 is 7.24. The minimum Gasteiger partial charge on any atom is -0.267 e. The van der Waals surface area contributed by atoms with Gasteiger partial charge < -0.3 is 0 Å². The smallest absolute Gasteiger partial charge is 0.267 e. The van der Waals surface area contributed by atoms with Crippen LogP contribution in [0.1, 0.15) is 0 Å². The Kier molecular flexibility index (Phi) is 2.46. The van der Waals surface area contributed by atoms with Gasteiger partial charge in [-0.3, -0.25) is 4.79 Å². The van der Waals surface area contributed by atoms with Crippen molar-refractivity contribution in [3.63, 3.8) is 0 Å². The van der Waals surface area contributed by atoms with Gasteiger partial charge in [0.15, 0.2) is 0 Å². The Morgan fingerprint density at radius 2 is 2.12 bits per heavy atom. The van der Waals surface area contributed by atoms with E-state index in [9.17, 15) is 4.79 Å². The number of fused-ring (bicyclic) bond motifs is 1. The lowest BCUT2D eigenvalue weighted by atomic mass is 10.3. The molecular formula is C12H7ClN2OS. The zero-order chi connectivity index (χ0) is 11.8. The monoisotopic (exact) mass is 262 g/mol. The predicted molar refractivity (Wildman–Crippen MR) is 70.2 cm³/mol. The number of hydrogen-bond donors (Lipinski definition) is 0. The maximum Gasteiger partial charge on any atom is 0.274 e. The fourth-order valence-corrected chi connectivity index (χ4v) is 2.76. The quantitative estimate of drug-likeness (QED) is 0.675. The molecular weight excluding hydrogens is 256 g/mol. The number of halogens is 1. The lowest BCUT2D eigenvalue weighted by Crippen LogP contribution is -2.10. The minimum absolute atomic E-state index is 0.0552. The third-order valence-electron chi connectivity index (χ3n) is 2.41. The first-order valence-corrected chi connectivity index (χ1v) is 6.14. The highest BCUT2D eigenvalue weighted by molar-refractivity contribution is 7.13. The molecule has 0 bridgehead atoms. The van der Waals surface area contributed by atoms with Gasteiger partial charge in [-0.05, 0) is 41.9 Å². The molecule has 3 aromatic rings. The van der Waals surface area contributed by atoms with Crippen LogP contribution >= 0.6 is 23.1 Å². The minimum atomic E-state index is -0.0552. The summed E-state index contributed by atoms with van der Waals surface area (Å²) in [6.45, 7) is 0. The second-order valence-corrected chi connectivity index (χ2v) is 4.90. The summed E-state index contributed by atoms with van der Waals surface area (Å²) in [4.78, 5) is 17.0. The van der Waals surface area contributed by atoms with Gasteiger partial charge in [-0.2, -0.15) is 0 Å². The van der Waals surface area contributed by atoms with Crippen LogP contribution in [0.15, 0.2) is 47.4 Å². The van der Waals surface area contributed by atoms with Gasteiger partial charge in [-0.1, -0.05) is 17.7 Å². The normalized spacial score (nSPS) is 10.9. The second-order valence-electron chi connectivity index (χ2n) is 3.53. The summed E-state index contributed by atoms with van der Waals surface area (Å²) in [6, 6.07) is 10.8. The molecule has 0 amide bonds. The third-order valence-corrected chi connectivity index (χ3v) is 3.70. The standard InChI is InChI=1S/C12H7ClN2OS/c13-8-3-1-4-9(7-8)15-12(16)10-5-2-6-14-11(10)17-15/h1-7H. The molecule has 2 heterocycles. The van der Waals surface area contributed by atoms with E-state index >= 15 is 0 Å². The lowest BCUT2D eigenvalue weighted by molar-refractivity contribution is 1.14. The third kappa shape index (κ3) is 1.75. The first-order chi connectivity index (χ1) is 8.25. The van der Waals surface area contributed by atoms with Gasteiger partial charge in [0.2, 0.25) is 0 Å². The molecule has 0 aliphatic carbocycles. The van der Waals surface area contributed by atoms with E-state index in [4.69, 9.17) is 11.6 Å². The summed E-state index contributed by atoms with van der Waals surface area (Å²) in [7, 11) is 0. The van der Waals surface area contributed by atoms with Gasteiger partial charge >= 0.3 is 0 Å². The van der Waals surface area contributed by atoms with Crippen molar-refractivity contribution in [2.75, 3.05) is 0 Å². The average Bonchev–Trinajstić information content (AvgIpc) is 2.68. The Labute approximate surface area is 106 Å². The number of aromatic nitrogens is 2. The molecule has 2 aromatic heterocycles. The van der Waals surface area contributed by atoms with Crippen molar-refractivity contribution in [3.8, 4) is 5.69 Å². The summed E-state index contributed by atoms with van der Waals surface area (Å²) in [6.07, 6.45) is 1.68. The van der Waals surface area contributed by atoms with Crippen molar-refractivity contribution in [1.29, 1.82) is 0 Å². The van der Waals surface area contributed by atoms with Crippen molar-refractivity contribution < 1.29 is 0 Å². The van der Waals surface area contributed by atoms with Gasteiger partial charge in [0.25, 0.3) is 5.56 Å². The Bertz CT molecular complexity index is 747. The first-order valence-electron chi connectivity index (χ1n) is 4.99. The largest absolute Gasteiger partial charge is 0.274 e. The Balaban J connectivity index is 2.31. The van der Waals surface area contributed by atoms with Crippen LogP contribution < -0.4 is 5.56 Å². The highest BCUT2D eigenvalue weighted by Crippen LogP contribution is 2.19. The van der Waals surface area contributed by atoms with E-state index in [0.29, 0.717) is 10.4 Å². The van der Waals surface area contributed by atoms with E-state index in [1.807, 2.05) is 12.1 Å².